The van der Waals surface area contributed by atoms with Crippen LogP contribution < -0.4 is 5.11 Å². The number of allylic oxidation sites excluding steroid dienone is 10. The summed E-state index contributed by atoms with van der Waals surface area (Å²) in [7, 11) is 5.92. The lowest BCUT2D eigenvalue weighted by Gasteiger charge is -2.26. The lowest BCUT2D eigenvalue weighted by Crippen LogP contribution is -2.44. The van der Waals surface area contributed by atoms with Crippen LogP contribution in [0.3, 0.4) is 0 Å². The molecule has 0 aliphatic heterocycles. The van der Waals surface area contributed by atoms with Gasteiger partial charge < -0.3 is 33.3 Å². The van der Waals surface area contributed by atoms with Gasteiger partial charge in [0.25, 0.3) is 0 Å². The van der Waals surface area contributed by atoms with Crippen molar-refractivity contribution in [2.75, 3.05) is 47.5 Å². The van der Waals surface area contributed by atoms with Gasteiger partial charge in [0.15, 0.2) is 12.4 Å². The van der Waals surface area contributed by atoms with Gasteiger partial charge in [-0.2, -0.15) is 0 Å². The zero-order chi connectivity index (χ0) is 54.1. The minimum absolute atomic E-state index is 0.150. The molecular formula is C65H117NO8. The number of rotatable bonds is 57. The van der Waals surface area contributed by atoms with Crippen LogP contribution in [0.15, 0.2) is 60.8 Å². The van der Waals surface area contributed by atoms with Crippen molar-refractivity contribution >= 4 is 17.9 Å². The van der Waals surface area contributed by atoms with Crippen molar-refractivity contribution in [2.45, 2.75) is 289 Å². The molecule has 9 nitrogen and oxygen atoms in total. The molecule has 0 aromatic heterocycles. The molecular weight excluding hydrogens is 923 g/mol. The van der Waals surface area contributed by atoms with Crippen LogP contribution in [0.2, 0.25) is 0 Å². The maximum Gasteiger partial charge on any atom is 0.306 e. The fourth-order valence-electron chi connectivity index (χ4n) is 8.80. The van der Waals surface area contributed by atoms with Crippen LogP contribution in [0.5, 0.6) is 0 Å². The molecule has 0 heterocycles. The van der Waals surface area contributed by atoms with Crippen LogP contribution in [-0.2, 0) is 33.3 Å². The molecule has 0 amide bonds. The predicted molar refractivity (Wildman–Crippen MR) is 311 cm³/mol. The van der Waals surface area contributed by atoms with Crippen LogP contribution in [0, 0.1) is 0 Å². The van der Waals surface area contributed by atoms with Crippen molar-refractivity contribution in [1.29, 1.82) is 0 Å². The molecule has 9 heteroatoms. The Kier molecular flexibility index (Phi) is 53.9. The molecule has 0 N–H and O–H groups in total. The van der Waals surface area contributed by atoms with Crippen molar-refractivity contribution < 1.29 is 42.9 Å². The normalized spacial score (nSPS) is 13.1. The van der Waals surface area contributed by atoms with Crippen LogP contribution in [0.1, 0.15) is 277 Å². The van der Waals surface area contributed by atoms with E-state index < -0.39 is 24.3 Å². The summed E-state index contributed by atoms with van der Waals surface area (Å²) >= 11 is 0. The van der Waals surface area contributed by atoms with E-state index in [0.29, 0.717) is 17.4 Å². The average Bonchev–Trinajstić information content (AvgIpc) is 3.37. The number of unbranched alkanes of at least 4 members (excludes halogenated alkanes) is 32. The molecule has 430 valence electrons. The summed E-state index contributed by atoms with van der Waals surface area (Å²) in [5.74, 6) is -2.27. The fourth-order valence-corrected chi connectivity index (χ4v) is 8.80. The van der Waals surface area contributed by atoms with E-state index in [1.807, 2.05) is 21.1 Å². The zero-order valence-corrected chi connectivity index (χ0v) is 49.0. The molecule has 2 unspecified atom stereocenters. The first-order chi connectivity index (χ1) is 36.1. The van der Waals surface area contributed by atoms with Crippen molar-refractivity contribution in [3.63, 3.8) is 0 Å². The summed E-state index contributed by atoms with van der Waals surface area (Å²) in [6.45, 7) is 4.62. The quantitative estimate of drug-likeness (QED) is 0.0195. The minimum Gasteiger partial charge on any atom is -0.545 e. The Bertz CT molecular complexity index is 1400. The molecule has 0 rings (SSSR count). The molecule has 0 bridgehead atoms. The number of carbonyl (C=O) groups is 3. The molecule has 0 aromatic rings. The lowest BCUT2D eigenvalue weighted by atomic mass is 10.0. The smallest absolute Gasteiger partial charge is 0.306 e. The predicted octanol–water partition coefficient (Wildman–Crippen LogP) is 17.1. The highest BCUT2D eigenvalue weighted by Gasteiger charge is 2.22. The fraction of sp³-hybridized carbons (Fsp3) is 0.800. The second-order valence-corrected chi connectivity index (χ2v) is 22.0. The molecule has 0 saturated heterocycles. The molecule has 74 heavy (non-hydrogen) atoms. The molecule has 0 fully saturated rings. The number of carbonyl (C=O) groups excluding carboxylic acids is 3. The summed E-state index contributed by atoms with van der Waals surface area (Å²) < 4.78 is 22.6. The minimum atomic E-state index is -1.62. The van der Waals surface area contributed by atoms with Crippen molar-refractivity contribution in [3.05, 3.63) is 60.8 Å². The van der Waals surface area contributed by atoms with Gasteiger partial charge in [0.2, 0.25) is 0 Å². The van der Waals surface area contributed by atoms with Crippen LogP contribution in [0.25, 0.3) is 0 Å². The van der Waals surface area contributed by atoms with E-state index in [9.17, 15) is 19.5 Å². The van der Waals surface area contributed by atoms with Gasteiger partial charge in [-0.05, 0) is 57.8 Å². The zero-order valence-electron chi connectivity index (χ0n) is 49.0. The van der Waals surface area contributed by atoms with Gasteiger partial charge in [-0.15, -0.1) is 0 Å². The number of hydrogen-bond donors (Lipinski definition) is 0. The van der Waals surface area contributed by atoms with Crippen LogP contribution >= 0.6 is 0 Å². The molecule has 0 radical (unpaired) electrons. The number of likely N-dealkylation sites (N-methyl/N-ethyl adjacent to an activating group) is 1. The van der Waals surface area contributed by atoms with Crippen molar-refractivity contribution in [2.24, 2.45) is 0 Å². The number of carboxylic acid groups (broad SMARTS) is 1. The molecule has 0 aliphatic carbocycles. The highest BCUT2D eigenvalue weighted by molar-refractivity contribution is 5.70. The Hall–Kier alpha value is -3.01. The standard InChI is InChI=1S/C65H117NO8/c1-6-8-10-12-14-16-17-18-19-20-21-22-23-24-25-26-27-28-29-30-31-32-33-34-35-36-37-38-39-40-41-42-43-44-45-46-47-48-50-52-54-56-63(68)74-61(60-73-65(64(69)70)71-58-57-66(3,4)5)59-72-62(67)55-53-51-49-15-13-11-9-7-2/h8,10,14,16,18-19,21-22,24-25,61,65H,6-7,9,11-13,15,17,20,23,26-60H2,1-5H3/b10-8-,16-14-,19-18-,22-21-,25-24-. The van der Waals surface area contributed by atoms with E-state index in [2.05, 4.69) is 74.6 Å². The van der Waals surface area contributed by atoms with Gasteiger partial charge in [0.1, 0.15) is 13.2 Å². The van der Waals surface area contributed by atoms with E-state index in [1.54, 1.807) is 0 Å². The second kappa shape index (κ2) is 56.2. The number of quaternary nitrogens is 1. The van der Waals surface area contributed by atoms with Crippen molar-refractivity contribution in [3.8, 4) is 0 Å². The van der Waals surface area contributed by atoms with Gasteiger partial charge in [0, 0.05) is 12.8 Å². The SMILES string of the molecule is CC/C=C\C/C=C\C/C=C\C/C=C\C/C=C\CCCCCCCCCCCCCCCCCCCCCCCCCCCC(=O)OC(COC(=O)CCCCCCCCCC)COC(OCC[N+](C)(C)C)C(=O)[O-]. The highest BCUT2D eigenvalue weighted by Crippen LogP contribution is 2.17. The Balaban J connectivity index is 3.83. The van der Waals surface area contributed by atoms with E-state index >= 15 is 0 Å². The first kappa shape index (κ1) is 71.0. The molecule has 0 aliphatic rings. The van der Waals surface area contributed by atoms with Gasteiger partial charge in [-0.25, -0.2) is 0 Å². The maximum absolute atomic E-state index is 12.8. The van der Waals surface area contributed by atoms with E-state index in [-0.39, 0.29) is 32.2 Å². The third kappa shape index (κ3) is 56.7. The summed E-state index contributed by atoms with van der Waals surface area (Å²) in [6, 6.07) is 0. The maximum atomic E-state index is 12.8. The largest absolute Gasteiger partial charge is 0.545 e. The first-order valence-electron chi connectivity index (χ1n) is 30.9. The average molecular weight is 1040 g/mol. The van der Waals surface area contributed by atoms with Gasteiger partial charge in [-0.3, -0.25) is 9.59 Å². The topological polar surface area (TPSA) is 111 Å². The Morgan fingerprint density at radius 1 is 0.419 bits per heavy atom. The van der Waals surface area contributed by atoms with E-state index in [1.165, 1.54) is 180 Å². The number of nitrogens with zero attached hydrogens (tertiary/aromatic N) is 1. The summed E-state index contributed by atoms with van der Waals surface area (Å²) in [5.41, 5.74) is 0. The molecule has 0 spiro atoms. The molecule has 0 aromatic carbocycles. The van der Waals surface area contributed by atoms with Gasteiger partial charge in [0.05, 0.1) is 40.3 Å². The van der Waals surface area contributed by atoms with E-state index in [0.717, 1.165) is 70.6 Å². The Labute approximate surface area is 456 Å². The first-order valence-corrected chi connectivity index (χ1v) is 30.9. The third-order valence-electron chi connectivity index (χ3n) is 13.5. The van der Waals surface area contributed by atoms with Crippen molar-refractivity contribution in [1.82, 2.24) is 0 Å². The number of ether oxygens (including phenoxy) is 4. The van der Waals surface area contributed by atoms with Crippen LogP contribution in [0.4, 0.5) is 0 Å². The third-order valence-corrected chi connectivity index (χ3v) is 13.5. The van der Waals surface area contributed by atoms with Crippen LogP contribution in [-0.4, -0.2) is 82.3 Å². The summed E-state index contributed by atoms with van der Waals surface area (Å²) in [6.07, 6.45) is 69.1. The van der Waals surface area contributed by atoms with Gasteiger partial charge in [-0.1, -0.05) is 267 Å². The number of carboxylic acids is 1. The molecule has 2 atom stereocenters. The number of aliphatic carboxylic acids is 1. The van der Waals surface area contributed by atoms with Gasteiger partial charge >= 0.3 is 11.9 Å². The lowest BCUT2D eigenvalue weighted by molar-refractivity contribution is -0.870. The second-order valence-electron chi connectivity index (χ2n) is 22.0. The Morgan fingerprint density at radius 2 is 0.770 bits per heavy atom. The molecule has 0 saturated carbocycles. The summed E-state index contributed by atoms with van der Waals surface area (Å²) in [4.78, 5) is 37.0. The number of esters is 2. The van der Waals surface area contributed by atoms with E-state index in [4.69, 9.17) is 18.9 Å². The Morgan fingerprint density at radius 3 is 1.15 bits per heavy atom. The highest BCUT2D eigenvalue weighted by atomic mass is 16.7. The monoisotopic (exact) mass is 1040 g/mol. The summed E-state index contributed by atoms with van der Waals surface area (Å²) in [5, 5.41) is 11.7. The number of hydrogen-bond acceptors (Lipinski definition) is 8.